The van der Waals surface area contributed by atoms with Gasteiger partial charge in [0.2, 0.25) is 5.76 Å². The lowest BCUT2D eigenvalue weighted by molar-refractivity contribution is 0.0701. The maximum Gasteiger partial charge on any atom is 0.379 e. The maximum atomic E-state index is 13.2. The monoisotopic (exact) mass is 517 g/mol. The van der Waals surface area contributed by atoms with Crippen molar-refractivity contribution in [2.75, 3.05) is 0 Å². The summed E-state index contributed by atoms with van der Waals surface area (Å²) in [5, 5.41) is 5.63. The molecule has 5 aromatic rings. The van der Waals surface area contributed by atoms with E-state index in [0.29, 0.717) is 32.1 Å². The molecule has 36 heavy (non-hydrogen) atoms. The zero-order chi connectivity index (χ0) is 25.1. The van der Waals surface area contributed by atoms with Gasteiger partial charge in [0.25, 0.3) is 5.91 Å². The molecule has 0 unspecified atom stereocenters. The van der Waals surface area contributed by atoms with E-state index in [1.807, 2.05) is 30.3 Å². The Hall–Kier alpha value is -4.33. The number of hydrazone groups is 1. The Bertz CT molecular complexity index is 1590. The van der Waals surface area contributed by atoms with Crippen molar-refractivity contribution in [2.45, 2.75) is 0 Å². The molecule has 0 saturated heterocycles. The first kappa shape index (κ1) is 23.4. The maximum absolute atomic E-state index is 13.2. The van der Waals surface area contributed by atoms with Crippen LogP contribution in [-0.4, -0.2) is 23.1 Å². The van der Waals surface area contributed by atoms with Crippen LogP contribution in [0.3, 0.4) is 0 Å². The molecule has 0 fully saturated rings. The number of nitrogens with one attached hydrogen (secondary N) is 2. The Morgan fingerprint density at radius 1 is 0.972 bits per heavy atom. The Morgan fingerprint density at radius 2 is 1.75 bits per heavy atom. The molecule has 0 aliphatic heterocycles. The highest BCUT2D eigenvalue weighted by Gasteiger charge is 2.21. The van der Waals surface area contributed by atoms with E-state index >= 15 is 0 Å². The highest BCUT2D eigenvalue weighted by Crippen LogP contribution is 2.37. The zero-order valence-electron chi connectivity index (χ0n) is 18.5. The molecule has 1 amide bonds. The number of ether oxygens (including phenoxy) is 1. The summed E-state index contributed by atoms with van der Waals surface area (Å²) in [6, 6.07) is 22.7. The standard InChI is InChI=1S/C27H17Cl2N3O4/c28-18-13-19-23(16-7-2-1-3-8-16)25(31-24(19)20(29)14-18)26(33)32-30-15-17-9-4-5-10-21(17)36-27(34)22-11-6-12-35-22/h1-15,31H,(H,32,33). The highest BCUT2D eigenvalue weighted by atomic mass is 35.5. The highest BCUT2D eigenvalue weighted by molar-refractivity contribution is 6.39. The molecule has 3 aromatic carbocycles. The van der Waals surface area contributed by atoms with Gasteiger partial charge in [-0.3, -0.25) is 4.79 Å². The Morgan fingerprint density at radius 3 is 2.53 bits per heavy atom. The molecule has 0 atom stereocenters. The number of aromatic amines is 1. The SMILES string of the molecule is O=C(Oc1ccccc1C=NNC(=O)c1[nH]c2c(Cl)cc(Cl)cc2c1-c1ccccc1)c1ccco1. The van der Waals surface area contributed by atoms with Gasteiger partial charge in [-0.25, -0.2) is 10.2 Å². The fourth-order valence-corrected chi connectivity index (χ4v) is 4.28. The van der Waals surface area contributed by atoms with E-state index in [2.05, 4.69) is 15.5 Å². The first-order valence-corrected chi connectivity index (χ1v) is 11.5. The van der Waals surface area contributed by atoms with Crippen molar-refractivity contribution in [1.82, 2.24) is 10.4 Å². The van der Waals surface area contributed by atoms with Crippen LogP contribution in [0.15, 0.2) is 94.6 Å². The number of H-pyrrole nitrogens is 1. The van der Waals surface area contributed by atoms with Crippen LogP contribution in [0.5, 0.6) is 5.75 Å². The van der Waals surface area contributed by atoms with Crippen LogP contribution in [0.25, 0.3) is 22.0 Å². The van der Waals surface area contributed by atoms with Crippen LogP contribution in [0, 0.1) is 0 Å². The van der Waals surface area contributed by atoms with Crippen LogP contribution < -0.4 is 10.2 Å². The third-order valence-electron chi connectivity index (χ3n) is 5.33. The van der Waals surface area contributed by atoms with Gasteiger partial charge in [0.1, 0.15) is 11.4 Å². The third kappa shape index (κ3) is 4.75. The second kappa shape index (κ2) is 10.1. The van der Waals surface area contributed by atoms with E-state index in [4.69, 9.17) is 32.4 Å². The van der Waals surface area contributed by atoms with Gasteiger partial charge in [0.05, 0.1) is 23.0 Å². The average Bonchev–Trinajstić information content (AvgIpc) is 3.54. The molecule has 178 valence electrons. The number of benzene rings is 3. The molecule has 0 radical (unpaired) electrons. The summed E-state index contributed by atoms with van der Waals surface area (Å²) < 4.78 is 10.5. The van der Waals surface area contributed by atoms with Gasteiger partial charge in [0, 0.05) is 21.5 Å². The molecular weight excluding hydrogens is 501 g/mol. The van der Waals surface area contributed by atoms with Crippen LogP contribution >= 0.6 is 23.2 Å². The molecular formula is C27H17Cl2N3O4. The fourth-order valence-electron chi connectivity index (χ4n) is 3.74. The van der Waals surface area contributed by atoms with E-state index < -0.39 is 11.9 Å². The summed E-state index contributed by atoms with van der Waals surface area (Å²) in [4.78, 5) is 28.5. The number of para-hydroxylation sites is 1. The van der Waals surface area contributed by atoms with Crippen molar-refractivity contribution in [2.24, 2.45) is 5.10 Å². The molecule has 0 bridgehead atoms. The number of nitrogens with zero attached hydrogens (tertiary/aromatic N) is 1. The fraction of sp³-hybridized carbons (Fsp3) is 0. The predicted molar refractivity (Wildman–Crippen MR) is 139 cm³/mol. The first-order valence-electron chi connectivity index (χ1n) is 10.8. The van der Waals surface area contributed by atoms with Gasteiger partial charge in [-0.1, -0.05) is 65.7 Å². The number of hydrogen-bond acceptors (Lipinski definition) is 5. The molecule has 5 rings (SSSR count). The number of carbonyl (C=O) groups is 2. The smallest absolute Gasteiger partial charge is 0.379 e. The first-order chi connectivity index (χ1) is 17.5. The molecule has 2 aromatic heterocycles. The van der Waals surface area contributed by atoms with Gasteiger partial charge < -0.3 is 14.1 Å². The minimum absolute atomic E-state index is 0.0704. The normalized spacial score (nSPS) is 11.2. The molecule has 0 aliphatic carbocycles. The topological polar surface area (TPSA) is 96.7 Å². The van der Waals surface area contributed by atoms with Gasteiger partial charge in [0.15, 0.2) is 0 Å². The Kier molecular flexibility index (Phi) is 6.58. The van der Waals surface area contributed by atoms with Crippen molar-refractivity contribution in [3.05, 3.63) is 112 Å². The number of furan rings is 1. The lowest BCUT2D eigenvalue weighted by Gasteiger charge is -2.06. The van der Waals surface area contributed by atoms with Crippen molar-refractivity contribution in [3.8, 4) is 16.9 Å². The van der Waals surface area contributed by atoms with Gasteiger partial charge in [-0.2, -0.15) is 5.10 Å². The molecule has 2 heterocycles. The van der Waals surface area contributed by atoms with Gasteiger partial charge >= 0.3 is 5.97 Å². The zero-order valence-corrected chi connectivity index (χ0v) is 20.0. The quantitative estimate of drug-likeness (QED) is 0.113. The summed E-state index contributed by atoms with van der Waals surface area (Å²) in [5.41, 5.74) is 5.32. The minimum atomic E-state index is -0.647. The number of amides is 1. The molecule has 0 spiro atoms. The lowest BCUT2D eigenvalue weighted by Crippen LogP contribution is -2.19. The van der Waals surface area contributed by atoms with Crippen molar-refractivity contribution >= 4 is 52.2 Å². The lowest BCUT2D eigenvalue weighted by atomic mass is 10.0. The third-order valence-corrected chi connectivity index (χ3v) is 5.84. The van der Waals surface area contributed by atoms with Crippen LogP contribution in [0.1, 0.15) is 26.6 Å². The Labute approximate surface area is 215 Å². The van der Waals surface area contributed by atoms with E-state index in [9.17, 15) is 9.59 Å². The van der Waals surface area contributed by atoms with E-state index in [1.165, 1.54) is 18.5 Å². The second-order valence-electron chi connectivity index (χ2n) is 7.65. The van der Waals surface area contributed by atoms with Crippen LogP contribution in [0.2, 0.25) is 10.0 Å². The van der Waals surface area contributed by atoms with Crippen molar-refractivity contribution in [3.63, 3.8) is 0 Å². The summed E-state index contributed by atoms with van der Waals surface area (Å²) in [7, 11) is 0. The van der Waals surface area contributed by atoms with E-state index in [1.54, 1.807) is 42.5 Å². The largest absolute Gasteiger partial charge is 0.457 e. The van der Waals surface area contributed by atoms with Crippen LogP contribution in [-0.2, 0) is 0 Å². The van der Waals surface area contributed by atoms with Gasteiger partial charge in [-0.05, 0) is 42.0 Å². The van der Waals surface area contributed by atoms with E-state index in [-0.39, 0.29) is 17.2 Å². The van der Waals surface area contributed by atoms with Gasteiger partial charge in [-0.15, -0.1) is 0 Å². The number of rotatable bonds is 6. The Balaban J connectivity index is 1.43. The minimum Gasteiger partial charge on any atom is -0.457 e. The molecule has 0 aliphatic rings. The summed E-state index contributed by atoms with van der Waals surface area (Å²) >= 11 is 12.6. The number of esters is 1. The van der Waals surface area contributed by atoms with Crippen molar-refractivity contribution < 1.29 is 18.7 Å². The number of aromatic nitrogens is 1. The predicted octanol–water partition coefficient (Wildman–Crippen LogP) is 6.72. The van der Waals surface area contributed by atoms with E-state index in [0.717, 1.165) is 5.56 Å². The number of fused-ring (bicyclic) bond motifs is 1. The molecule has 2 N–H and O–H groups in total. The average molecular weight is 518 g/mol. The molecule has 0 saturated carbocycles. The molecule has 9 heteroatoms. The van der Waals surface area contributed by atoms with Crippen molar-refractivity contribution in [1.29, 1.82) is 0 Å². The summed E-state index contributed by atoms with van der Waals surface area (Å²) in [6.45, 7) is 0. The number of hydrogen-bond donors (Lipinski definition) is 2. The van der Waals surface area contributed by atoms with Crippen LogP contribution in [0.4, 0.5) is 0 Å². The summed E-state index contributed by atoms with van der Waals surface area (Å²) in [5.74, 6) is -0.806. The number of carbonyl (C=O) groups excluding carboxylic acids is 2. The second-order valence-corrected chi connectivity index (χ2v) is 8.50. The summed E-state index contributed by atoms with van der Waals surface area (Å²) in [6.07, 6.45) is 2.77. The molecule has 7 nitrogen and oxygen atoms in total. The number of halogens is 2.